The van der Waals surface area contributed by atoms with Crippen molar-refractivity contribution in [1.82, 2.24) is 5.32 Å². The zero-order valence-corrected chi connectivity index (χ0v) is 16.4. The quantitative estimate of drug-likeness (QED) is 0.767. The summed E-state index contributed by atoms with van der Waals surface area (Å²) in [5, 5.41) is 2.95. The highest BCUT2D eigenvalue weighted by atomic mass is 35.5. The van der Waals surface area contributed by atoms with Crippen LogP contribution in [0, 0.1) is 6.92 Å². The van der Waals surface area contributed by atoms with Gasteiger partial charge in [-0.1, -0.05) is 29.3 Å². The Labute approximate surface area is 163 Å². The van der Waals surface area contributed by atoms with Gasteiger partial charge in [0.15, 0.2) is 0 Å². The maximum absolute atomic E-state index is 12.5. The van der Waals surface area contributed by atoms with Crippen LogP contribution in [-0.2, 0) is 14.8 Å². The van der Waals surface area contributed by atoms with Gasteiger partial charge in [0, 0.05) is 18.7 Å². The average Bonchev–Trinajstić information content (AvgIpc) is 3.15. The Morgan fingerprint density at radius 3 is 2.59 bits per heavy atom. The molecule has 8 heteroatoms. The van der Waals surface area contributed by atoms with E-state index in [9.17, 15) is 13.2 Å². The molecule has 3 rings (SSSR count). The second kappa shape index (κ2) is 8.29. The molecule has 2 aromatic rings. The van der Waals surface area contributed by atoms with E-state index < -0.39 is 10.0 Å². The third kappa shape index (κ3) is 5.00. The molecule has 0 unspecified atom stereocenters. The standard InChI is InChI=1S/C19H21ClN2O4S/c1-13-4-7-16(8-5-13)27(24,25)22-18-9-6-14(11-17(18)20)19(23)21-12-15-3-2-10-26-15/h4-9,11,15,22H,2-3,10,12H2,1H3,(H,21,23)/t15-/m0/s1. The molecule has 2 aromatic carbocycles. The number of hydrogen-bond acceptors (Lipinski definition) is 4. The number of rotatable bonds is 6. The number of carbonyl (C=O) groups is 1. The Bertz CT molecular complexity index is 923. The lowest BCUT2D eigenvalue weighted by Crippen LogP contribution is -2.31. The number of amides is 1. The molecule has 0 bridgehead atoms. The lowest BCUT2D eigenvalue weighted by molar-refractivity contribution is 0.0858. The van der Waals surface area contributed by atoms with Crippen molar-refractivity contribution in [3.05, 3.63) is 58.6 Å². The van der Waals surface area contributed by atoms with E-state index in [0.29, 0.717) is 12.1 Å². The summed E-state index contributed by atoms with van der Waals surface area (Å²) in [6.45, 7) is 3.05. The number of hydrogen-bond donors (Lipinski definition) is 2. The van der Waals surface area contributed by atoms with Crippen LogP contribution in [0.5, 0.6) is 0 Å². The summed E-state index contributed by atoms with van der Waals surface area (Å²) < 4.78 is 32.9. The van der Waals surface area contributed by atoms with Gasteiger partial charge in [-0.25, -0.2) is 8.42 Å². The van der Waals surface area contributed by atoms with Gasteiger partial charge in [0.2, 0.25) is 0 Å². The Kier molecular flexibility index (Phi) is 6.04. The molecule has 1 saturated heterocycles. The summed E-state index contributed by atoms with van der Waals surface area (Å²) in [5.74, 6) is -0.277. The fourth-order valence-corrected chi connectivity index (χ4v) is 4.14. The van der Waals surface area contributed by atoms with Crippen LogP contribution in [0.4, 0.5) is 5.69 Å². The molecule has 2 N–H and O–H groups in total. The molecule has 1 heterocycles. The Morgan fingerprint density at radius 1 is 1.22 bits per heavy atom. The fraction of sp³-hybridized carbons (Fsp3) is 0.316. The summed E-state index contributed by atoms with van der Waals surface area (Å²) in [7, 11) is -3.76. The third-order valence-corrected chi connectivity index (χ3v) is 6.02. The van der Waals surface area contributed by atoms with Gasteiger partial charge in [-0.3, -0.25) is 9.52 Å². The van der Waals surface area contributed by atoms with E-state index in [2.05, 4.69) is 10.0 Å². The smallest absolute Gasteiger partial charge is 0.261 e. The van der Waals surface area contributed by atoms with Crippen molar-refractivity contribution in [2.45, 2.75) is 30.8 Å². The molecule has 1 aliphatic rings. The largest absolute Gasteiger partial charge is 0.376 e. The van der Waals surface area contributed by atoms with Gasteiger partial charge in [0.25, 0.3) is 15.9 Å². The van der Waals surface area contributed by atoms with Gasteiger partial charge < -0.3 is 10.1 Å². The van der Waals surface area contributed by atoms with Crippen LogP contribution < -0.4 is 10.0 Å². The SMILES string of the molecule is Cc1ccc(S(=O)(=O)Nc2ccc(C(=O)NC[C@@H]3CCCO3)cc2Cl)cc1. The van der Waals surface area contributed by atoms with Crippen molar-refractivity contribution in [3.63, 3.8) is 0 Å². The first-order valence-corrected chi connectivity index (χ1v) is 10.5. The third-order valence-electron chi connectivity index (χ3n) is 4.32. The molecule has 1 atom stereocenters. The minimum atomic E-state index is -3.76. The molecular formula is C19H21ClN2O4S. The van der Waals surface area contributed by atoms with E-state index in [-0.39, 0.29) is 27.6 Å². The van der Waals surface area contributed by atoms with Crippen molar-refractivity contribution < 1.29 is 17.9 Å². The van der Waals surface area contributed by atoms with Crippen LogP contribution in [0.25, 0.3) is 0 Å². The zero-order valence-electron chi connectivity index (χ0n) is 14.9. The number of benzene rings is 2. The zero-order chi connectivity index (χ0) is 19.4. The summed E-state index contributed by atoms with van der Waals surface area (Å²) in [6, 6.07) is 10.9. The molecule has 0 aliphatic carbocycles. The van der Waals surface area contributed by atoms with Crippen LogP contribution in [0.15, 0.2) is 47.4 Å². The first-order valence-electron chi connectivity index (χ1n) is 8.64. The number of halogens is 1. The van der Waals surface area contributed by atoms with E-state index in [1.54, 1.807) is 12.1 Å². The van der Waals surface area contributed by atoms with Gasteiger partial charge in [0.05, 0.1) is 21.7 Å². The van der Waals surface area contributed by atoms with Crippen molar-refractivity contribution >= 4 is 33.2 Å². The second-order valence-corrected chi connectivity index (χ2v) is 8.55. The van der Waals surface area contributed by atoms with Crippen molar-refractivity contribution in [2.75, 3.05) is 17.9 Å². The summed E-state index contributed by atoms with van der Waals surface area (Å²) >= 11 is 6.19. The summed E-state index contributed by atoms with van der Waals surface area (Å²) in [6.07, 6.45) is 1.98. The van der Waals surface area contributed by atoms with Crippen molar-refractivity contribution in [1.29, 1.82) is 0 Å². The monoisotopic (exact) mass is 408 g/mol. The molecule has 144 valence electrons. The first kappa shape index (κ1) is 19.7. The average molecular weight is 409 g/mol. The predicted molar refractivity (Wildman–Crippen MR) is 105 cm³/mol. The predicted octanol–water partition coefficient (Wildman–Crippen LogP) is 3.36. The lowest BCUT2D eigenvalue weighted by Gasteiger charge is -2.13. The number of anilines is 1. The van der Waals surface area contributed by atoms with Gasteiger partial charge in [-0.05, 0) is 50.1 Å². The van der Waals surface area contributed by atoms with Gasteiger partial charge in [0.1, 0.15) is 0 Å². The van der Waals surface area contributed by atoms with Gasteiger partial charge in [-0.15, -0.1) is 0 Å². The number of carbonyl (C=O) groups excluding carboxylic acids is 1. The highest BCUT2D eigenvalue weighted by Gasteiger charge is 2.19. The van der Waals surface area contributed by atoms with Crippen molar-refractivity contribution in [2.24, 2.45) is 0 Å². The van der Waals surface area contributed by atoms with Crippen LogP contribution >= 0.6 is 11.6 Å². The number of sulfonamides is 1. The molecule has 0 radical (unpaired) electrons. The maximum atomic E-state index is 12.5. The number of aryl methyl sites for hydroxylation is 1. The van der Waals surface area contributed by atoms with Gasteiger partial charge >= 0.3 is 0 Å². The van der Waals surface area contributed by atoms with Crippen LogP contribution in [0.1, 0.15) is 28.8 Å². The van der Waals surface area contributed by atoms with Gasteiger partial charge in [-0.2, -0.15) is 0 Å². The topological polar surface area (TPSA) is 84.5 Å². The second-order valence-electron chi connectivity index (χ2n) is 6.46. The molecular weight excluding hydrogens is 388 g/mol. The highest BCUT2D eigenvalue weighted by molar-refractivity contribution is 7.92. The maximum Gasteiger partial charge on any atom is 0.261 e. The van der Waals surface area contributed by atoms with Crippen LogP contribution in [-0.4, -0.2) is 33.6 Å². The summed E-state index contributed by atoms with van der Waals surface area (Å²) in [4.78, 5) is 12.4. The molecule has 27 heavy (non-hydrogen) atoms. The molecule has 1 amide bonds. The van der Waals surface area contributed by atoms with E-state index in [0.717, 1.165) is 25.0 Å². The minimum absolute atomic E-state index is 0.0463. The Balaban J connectivity index is 1.68. The first-order chi connectivity index (χ1) is 12.8. The van der Waals surface area contributed by atoms with Crippen molar-refractivity contribution in [3.8, 4) is 0 Å². The molecule has 0 saturated carbocycles. The van der Waals surface area contributed by atoms with E-state index in [1.165, 1.54) is 30.3 Å². The normalized spacial score (nSPS) is 16.9. The molecule has 0 aromatic heterocycles. The molecule has 6 nitrogen and oxygen atoms in total. The van der Waals surface area contributed by atoms with E-state index in [4.69, 9.17) is 16.3 Å². The number of ether oxygens (including phenoxy) is 1. The molecule has 1 fully saturated rings. The lowest BCUT2D eigenvalue weighted by atomic mass is 10.2. The van der Waals surface area contributed by atoms with E-state index in [1.807, 2.05) is 6.92 Å². The Morgan fingerprint density at radius 2 is 1.96 bits per heavy atom. The fourth-order valence-electron chi connectivity index (χ4n) is 2.77. The van der Waals surface area contributed by atoms with E-state index >= 15 is 0 Å². The highest BCUT2D eigenvalue weighted by Crippen LogP contribution is 2.26. The molecule has 0 spiro atoms. The number of nitrogens with one attached hydrogen (secondary N) is 2. The van der Waals surface area contributed by atoms with Crippen LogP contribution in [0.3, 0.4) is 0 Å². The minimum Gasteiger partial charge on any atom is -0.376 e. The summed E-state index contributed by atoms with van der Waals surface area (Å²) in [5.41, 5.74) is 1.54. The van der Waals surface area contributed by atoms with Crippen LogP contribution in [0.2, 0.25) is 5.02 Å². The Hall–Kier alpha value is -2.09. The molecule has 1 aliphatic heterocycles.